The molecular weight excluding hydrogens is 716 g/mol. The molecule has 1 saturated heterocycles. The van der Waals surface area contributed by atoms with Gasteiger partial charge in [0.15, 0.2) is 11.6 Å². The highest BCUT2D eigenvalue weighted by Gasteiger charge is 2.25. The second kappa shape index (κ2) is 18.0. The summed E-state index contributed by atoms with van der Waals surface area (Å²) < 4.78 is 30.6. The zero-order valence-electron chi connectivity index (χ0n) is 33.0. The number of carbonyl (C=O) groups excluding carboxylic acids is 1. The molecule has 0 atom stereocenters. The first-order valence-electron chi connectivity index (χ1n) is 18.5. The molecule has 4 heterocycles. The molecule has 2 aromatic carbocycles. The molecule has 0 radical (unpaired) electrons. The van der Waals surface area contributed by atoms with Gasteiger partial charge in [0.1, 0.15) is 23.1 Å². The van der Waals surface area contributed by atoms with Crippen LogP contribution in [-0.2, 0) is 19.6 Å². The Kier molecular flexibility index (Phi) is 12.7. The second-order valence-corrected chi connectivity index (χ2v) is 13.9. The number of rotatable bonds is 14. The maximum atomic E-state index is 14.8. The monoisotopic (exact) mass is 764 g/mol. The number of piperazine rings is 1. The molecule has 1 fully saturated rings. The van der Waals surface area contributed by atoms with E-state index in [1.165, 1.54) is 19.4 Å². The summed E-state index contributed by atoms with van der Waals surface area (Å²) in [4.78, 5) is 44.6. The molecule has 56 heavy (non-hydrogen) atoms. The molecule has 1 N–H and O–H groups in total. The third-order valence-electron chi connectivity index (χ3n) is 9.66. The Labute approximate surface area is 327 Å². The van der Waals surface area contributed by atoms with Crippen molar-refractivity contribution in [3.05, 3.63) is 101 Å². The smallest absolute Gasteiger partial charge is 0.320 e. The number of hydrogen-bond donors (Lipinski definition) is 1. The van der Waals surface area contributed by atoms with Crippen LogP contribution in [0.1, 0.15) is 36.4 Å². The number of methoxy groups -OCH3 is 3. The SMILES string of the molecule is COc1ccc(CN(Cc2ccc(OC)cc2)c2nc(C)nc(-c3cc(CN4CCN(C(=O)N(C)C(C)C)CC4)cnc3Nc3cnc(OC)c(F)c3)n2)cc1. The number of benzene rings is 2. The normalized spacial score (nSPS) is 13.1. The molecule has 6 rings (SSSR count). The number of nitrogens with one attached hydrogen (secondary N) is 1. The Balaban J connectivity index is 1.34. The Morgan fingerprint density at radius 1 is 0.821 bits per heavy atom. The van der Waals surface area contributed by atoms with E-state index in [1.54, 1.807) is 25.3 Å². The van der Waals surface area contributed by atoms with Gasteiger partial charge >= 0.3 is 6.03 Å². The van der Waals surface area contributed by atoms with Crippen molar-refractivity contribution in [2.75, 3.05) is 64.8 Å². The Morgan fingerprint density at radius 3 is 2.00 bits per heavy atom. The second-order valence-electron chi connectivity index (χ2n) is 13.9. The van der Waals surface area contributed by atoms with E-state index in [9.17, 15) is 9.18 Å². The summed E-state index contributed by atoms with van der Waals surface area (Å²) >= 11 is 0. The van der Waals surface area contributed by atoms with E-state index >= 15 is 0 Å². The number of halogens is 1. The van der Waals surface area contributed by atoms with Crippen LogP contribution in [-0.4, -0.2) is 106 Å². The topological polar surface area (TPSA) is 134 Å². The zero-order valence-corrected chi connectivity index (χ0v) is 33.0. The lowest BCUT2D eigenvalue weighted by molar-refractivity contribution is 0.109. The quantitative estimate of drug-likeness (QED) is 0.136. The van der Waals surface area contributed by atoms with Crippen LogP contribution in [0.2, 0.25) is 0 Å². The van der Waals surface area contributed by atoms with Gasteiger partial charge in [-0.2, -0.15) is 9.97 Å². The number of urea groups is 1. The highest BCUT2D eigenvalue weighted by Crippen LogP contribution is 2.31. The van der Waals surface area contributed by atoms with Crippen LogP contribution < -0.4 is 24.4 Å². The van der Waals surface area contributed by atoms with Crippen LogP contribution in [0.4, 0.5) is 26.6 Å². The number of ether oxygens (including phenoxy) is 3. The van der Waals surface area contributed by atoms with Gasteiger partial charge in [-0.15, -0.1) is 0 Å². The lowest BCUT2D eigenvalue weighted by Gasteiger charge is -2.37. The Hall–Kier alpha value is -6.09. The van der Waals surface area contributed by atoms with E-state index in [1.807, 2.05) is 87.3 Å². The van der Waals surface area contributed by atoms with Gasteiger partial charge in [-0.1, -0.05) is 24.3 Å². The summed E-state index contributed by atoms with van der Waals surface area (Å²) in [5.41, 5.74) is 3.99. The van der Waals surface area contributed by atoms with Gasteiger partial charge in [0.05, 0.1) is 38.8 Å². The third-order valence-corrected chi connectivity index (χ3v) is 9.66. The lowest BCUT2D eigenvalue weighted by atomic mass is 10.1. The van der Waals surface area contributed by atoms with Gasteiger partial charge < -0.3 is 34.2 Å². The Bertz CT molecular complexity index is 2040. The van der Waals surface area contributed by atoms with Crippen molar-refractivity contribution in [2.24, 2.45) is 0 Å². The van der Waals surface area contributed by atoms with E-state index in [-0.39, 0.29) is 18.0 Å². The molecule has 2 amide bonds. The fourth-order valence-electron chi connectivity index (χ4n) is 6.27. The summed E-state index contributed by atoms with van der Waals surface area (Å²) in [7, 11) is 6.49. The summed E-state index contributed by atoms with van der Waals surface area (Å²) in [6, 6.07) is 19.3. The van der Waals surface area contributed by atoms with Gasteiger partial charge in [0.2, 0.25) is 11.8 Å². The average Bonchev–Trinajstić information content (AvgIpc) is 3.21. The minimum Gasteiger partial charge on any atom is -0.497 e. The fraction of sp³-hybridized carbons (Fsp3) is 0.366. The fourth-order valence-corrected chi connectivity index (χ4v) is 6.27. The van der Waals surface area contributed by atoms with Gasteiger partial charge in [0, 0.05) is 71.2 Å². The highest BCUT2D eigenvalue weighted by molar-refractivity contribution is 5.76. The first-order valence-corrected chi connectivity index (χ1v) is 18.5. The predicted octanol–water partition coefficient (Wildman–Crippen LogP) is 6.33. The molecule has 0 spiro atoms. The van der Waals surface area contributed by atoms with Crippen molar-refractivity contribution < 1.29 is 23.4 Å². The molecule has 294 valence electrons. The zero-order chi connectivity index (χ0) is 39.8. The van der Waals surface area contributed by atoms with Crippen molar-refractivity contribution in [3.8, 4) is 28.8 Å². The number of anilines is 3. The van der Waals surface area contributed by atoms with Crippen LogP contribution in [0, 0.1) is 12.7 Å². The van der Waals surface area contributed by atoms with E-state index in [0.29, 0.717) is 80.5 Å². The van der Waals surface area contributed by atoms with Crippen LogP contribution in [0.3, 0.4) is 0 Å². The molecule has 0 unspecified atom stereocenters. The van der Waals surface area contributed by atoms with Crippen LogP contribution in [0.25, 0.3) is 11.4 Å². The number of aromatic nitrogens is 5. The summed E-state index contributed by atoms with van der Waals surface area (Å²) in [6.07, 6.45) is 3.27. The van der Waals surface area contributed by atoms with Crippen LogP contribution >= 0.6 is 0 Å². The van der Waals surface area contributed by atoms with E-state index in [0.717, 1.165) is 28.2 Å². The van der Waals surface area contributed by atoms with Crippen LogP contribution in [0.5, 0.6) is 17.4 Å². The maximum absolute atomic E-state index is 14.8. The van der Waals surface area contributed by atoms with Gasteiger partial charge in [0.25, 0.3) is 0 Å². The van der Waals surface area contributed by atoms with Crippen molar-refractivity contribution in [3.63, 3.8) is 0 Å². The molecule has 15 heteroatoms. The van der Waals surface area contributed by atoms with Crippen molar-refractivity contribution in [1.29, 1.82) is 0 Å². The first kappa shape index (κ1) is 39.6. The molecule has 0 saturated carbocycles. The van der Waals surface area contributed by atoms with Gasteiger partial charge in [-0.05, 0) is 67.8 Å². The van der Waals surface area contributed by atoms with Crippen LogP contribution in [0.15, 0.2) is 73.1 Å². The maximum Gasteiger partial charge on any atom is 0.320 e. The number of nitrogens with zero attached hydrogens (tertiary/aromatic N) is 9. The minimum atomic E-state index is -0.612. The Morgan fingerprint density at radius 2 is 1.45 bits per heavy atom. The van der Waals surface area contributed by atoms with Gasteiger partial charge in [-0.3, -0.25) is 4.90 Å². The number of aryl methyl sites for hydroxylation is 1. The highest BCUT2D eigenvalue weighted by atomic mass is 19.1. The van der Waals surface area contributed by atoms with Crippen molar-refractivity contribution in [1.82, 2.24) is 39.6 Å². The molecule has 14 nitrogen and oxygen atoms in total. The first-order chi connectivity index (χ1) is 27.0. The molecule has 0 bridgehead atoms. The molecule has 0 aliphatic carbocycles. The third kappa shape index (κ3) is 9.76. The van der Waals surface area contributed by atoms with E-state index in [4.69, 9.17) is 34.1 Å². The average molecular weight is 765 g/mol. The molecule has 3 aromatic heterocycles. The van der Waals surface area contributed by atoms with E-state index < -0.39 is 5.82 Å². The number of amides is 2. The lowest BCUT2D eigenvalue weighted by Crippen LogP contribution is -2.52. The summed E-state index contributed by atoms with van der Waals surface area (Å²) in [5.74, 6) is 2.61. The number of hydrogen-bond acceptors (Lipinski definition) is 12. The molecule has 1 aliphatic heterocycles. The molecular formula is C41H49FN10O4. The largest absolute Gasteiger partial charge is 0.497 e. The predicted molar refractivity (Wildman–Crippen MR) is 213 cm³/mol. The number of carbonyl (C=O) groups is 1. The standard InChI is InChI=1S/C41H49FN10O4/c1-27(2)49(4)41(53)51-18-16-50(17-19-51)24-31-20-35(37(43-22-31)47-32-21-36(42)39(56-7)44-23-32)38-45-28(3)46-40(48-38)52(25-29-8-12-33(54-5)13-9-29)26-30-10-14-34(55-6)15-11-30/h8-15,20-23,27H,16-19,24-26H2,1-7H3,(H,43,47). The van der Waals surface area contributed by atoms with Gasteiger partial charge in [-0.25, -0.2) is 24.1 Å². The number of pyridine rings is 2. The van der Waals surface area contributed by atoms with E-state index in [2.05, 4.69) is 20.1 Å². The summed E-state index contributed by atoms with van der Waals surface area (Å²) in [5, 5.41) is 3.23. The summed E-state index contributed by atoms with van der Waals surface area (Å²) in [6.45, 7) is 10.1. The van der Waals surface area contributed by atoms with Crippen molar-refractivity contribution >= 4 is 23.5 Å². The van der Waals surface area contributed by atoms with Crippen molar-refractivity contribution in [2.45, 2.75) is 46.4 Å². The molecule has 1 aliphatic rings. The minimum absolute atomic E-state index is 0.0394. The molecule has 5 aromatic rings.